The van der Waals surface area contributed by atoms with Gasteiger partial charge in [0.05, 0.1) is 6.54 Å². The van der Waals surface area contributed by atoms with Gasteiger partial charge in [0.1, 0.15) is 11.6 Å². The Morgan fingerprint density at radius 2 is 1.75 bits per heavy atom. The van der Waals surface area contributed by atoms with Crippen LogP contribution in [0.25, 0.3) is 10.9 Å². The van der Waals surface area contributed by atoms with Gasteiger partial charge in [-0.1, -0.05) is 36.4 Å². The van der Waals surface area contributed by atoms with E-state index >= 15 is 0 Å². The van der Waals surface area contributed by atoms with Gasteiger partial charge in [0.15, 0.2) is 0 Å². The van der Waals surface area contributed by atoms with Crippen LogP contribution in [0.2, 0.25) is 0 Å². The Morgan fingerprint density at radius 1 is 0.929 bits per heavy atom. The van der Waals surface area contributed by atoms with Crippen molar-refractivity contribution in [1.82, 2.24) is 9.88 Å². The first-order chi connectivity index (χ1) is 13.6. The number of hydrogen-bond acceptors (Lipinski definition) is 1. The molecule has 0 fully saturated rings. The lowest BCUT2D eigenvalue weighted by molar-refractivity contribution is 0.0951. The third kappa shape index (κ3) is 3.78. The number of nitrogens with zero attached hydrogens (tertiary/aromatic N) is 1. The Morgan fingerprint density at radius 3 is 2.54 bits per heavy atom. The highest BCUT2D eigenvalue weighted by Gasteiger charge is 2.10. The minimum absolute atomic E-state index is 0.150. The number of aromatic nitrogens is 1. The van der Waals surface area contributed by atoms with Crippen molar-refractivity contribution >= 4 is 16.8 Å². The lowest BCUT2D eigenvalue weighted by atomic mass is 10.1. The number of carbonyl (C=O) groups excluding carboxylic acids is 1. The molecule has 1 aromatic heterocycles. The first-order valence-corrected chi connectivity index (χ1v) is 8.95. The van der Waals surface area contributed by atoms with Gasteiger partial charge in [-0.15, -0.1) is 0 Å². The number of amides is 1. The van der Waals surface area contributed by atoms with Gasteiger partial charge >= 0.3 is 0 Å². The quantitative estimate of drug-likeness (QED) is 0.528. The van der Waals surface area contributed by atoms with E-state index in [4.69, 9.17) is 0 Å². The maximum Gasteiger partial charge on any atom is 0.251 e. The molecule has 0 aliphatic rings. The molecule has 0 spiro atoms. The number of fused-ring (bicyclic) bond motifs is 1. The largest absolute Gasteiger partial charge is 0.348 e. The first-order valence-electron chi connectivity index (χ1n) is 8.95. The standard InChI is InChI=1S/C23H18F2N2O/c24-20-8-6-19(21(25)13-20)15-27-11-10-17-12-18(7-9-22(17)27)23(28)26-14-16-4-2-1-3-5-16/h1-13H,14-15H2,(H,26,28). The van der Waals surface area contributed by atoms with Gasteiger partial charge in [0, 0.05) is 40.8 Å². The van der Waals surface area contributed by atoms with Crippen molar-refractivity contribution in [2.75, 3.05) is 0 Å². The fourth-order valence-corrected chi connectivity index (χ4v) is 3.19. The topological polar surface area (TPSA) is 34.0 Å². The molecule has 0 bridgehead atoms. The van der Waals surface area contributed by atoms with Crippen LogP contribution in [-0.2, 0) is 13.1 Å². The number of halogens is 2. The molecule has 0 radical (unpaired) electrons. The molecule has 1 N–H and O–H groups in total. The molecule has 1 heterocycles. The van der Waals surface area contributed by atoms with Crippen molar-refractivity contribution < 1.29 is 13.6 Å². The summed E-state index contributed by atoms with van der Waals surface area (Å²) < 4.78 is 28.9. The lowest BCUT2D eigenvalue weighted by Crippen LogP contribution is -2.22. The van der Waals surface area contributed by atoms with Crippen LogP contribution in [0.15, 0.2) is 79.0 Å². The monoisotopic (exact) mass is 376 g/mol. The molecule has 0 unspecified atom stereocenters. The molecule has 28 heavy (non-hydrogen) atoms. The molecule has 3 nitrogen and oxygen atoms in total. The summed E-state index contributed by atoms with van der Waals surface area (Å²) in [4.78, 5) is 12.4. The zero-order chi connectivity index (χ0) is 19.5. The molecule has 0 saturated carbocycles. The Kier molecular flexibility index (Phi) is 4.89. The van der Waals surface area contributed by atoms with Gasteiger partial charge in [0.25, 0.3) is 5.91 Å². The molecular weight excluding hydrogens is 358 g/mol. The summed E-state index contributed by atoms with van der Waals surface area (Å²) in [5, 5.41) is 3.79. The minimum atomic E-state index is -0.593. The molecule has 0 atom stereocenters. The third-order valence-electron chi connectivity index (χ3n) is 4.68. The molecule has 0 saturated heterocycles. The number of benzene rings is 3. The van der Waals surface area contributed by atoms with E-state index in [2.05, 4.69) is 5.32 Å². The van der Waals surface area contributed by atoms with Gasteiger partial charge in [-0.2, -0.15) is 0 Å². The Hall–Kier alpha value is -3.47. The Labute approximate surface area is 161 Å². The molecule has 4 rings (SSSR count). The van der Waals surface area contributed by atoms with Crippen LogP contribution < -0.4 is 5.32 Å². The normalized spacial score (nSPS) is 10.9. The maximum atomic E-state index is 13.9. The summed E-state index contributed by atoms with van der Waals surface area (Å²) in [5.74, 6) is -1.31. The SMILES string of the molecule is O=C(NCc1ccccc1)c1ccc2c(ccn2Cc2ccc(F)cc2F)c1. The predicted molar refractivity (Wildman–Crippen MR) is 105 cm³/mol. The van der Waals surface area contributed by atoms with Crippen molar-refractivity contribution in [2.45, 2.75) is 13.1 Å². The van der Waals surface area contributed by atoms with Crippen LogP contribution in [-0.4, -0.2) is 10.5 Å². The predicted octanol–water partition coefficient (Wildman–Crippen LogP) is 4.90. The molecule has 0 aliphatic heterocycles. The summed E-state index contributed by atoms with van der Waals surface area (Å²) in [6.07, 6.45) is 1.83. The molecule has 4 aromatic rings. The summed E-state index contributed by atoms with van der Waals surface area (Å²) in [6.45, 7) is 0.748. The average molecular weight is 376 g/mol. The highest BCUT2D eigenvalue weighted by atomic mass is 19.1. The van der Waals surface area contributed by atoms with Gasteiger partial charge < -0.3 is 9.88 Å². The third-order valence-corrected chi connectivity index (χ3v) is 4.68. The molecular formula is C23H18F2N2O. The lowest BCUT2D eigenvalue weighted by Gasteiger charge is -2.08. The van der Waals surface area contributed by atoms with Crippen molar-refractivity contribution in [2.24, 2.45) is 0 Å². The highest BCUT2D eigenvalue weighted by Crippen LogP contribution is 2.20. The fourth-order valence-electron chi connectivity index (χ4n) is 3.19. The van der Waals surface area contributed by atoms with E-state index in [1.165, 1.54) is 12.1 Å². The molecule has 5 heteroatoms. The maximum absolute atomic E-state index is 13.9. The van der Waals surface area contributed by atoms with Crippen LogP contribution in [0.1, 0.15) is 21.5 Å². The second-order valence-electron chi connectivity index (χ2n) is 6.62. The van der Waals surface area contributed by atoms with E-state index in [-0.39, 0.29) is 12.5 Å². The van der Waals surface area contributed by atoms with Crippen LogP contribution in [0.5, 0.6) is 0 Å². The van der Waals surface area contributed by atoms with E-state index in [0.29, 0.717) is 17.7 Å². The minimum Gasteiger partial charge on any atom is -0.348 e. The highest BCUT2D eigenvalue weighted by molar-refractivity contribution is 5.98. The summed E-state index contributed by atoms with van der Waals surface area (Å²) in [7, 11) is 0. The Balaban J connectivity index is 1.51. The van der Waals surface area contributed by atoms with Crippen molar-refractivity contribution in [3.8, 4) is 0 Å². The van der Waals surface area contributed by atoms with Crippen LogP contribution in [0, 0.1) is 11.6 Å². The fraction of sp³-hybridized carbons (Fsp3) is 0.0870. The number of nitrogens with one attached hydrogen (secondary N) is 1. The molecule has 140 valence electrons. The zero-order valence-electron chi connectivity index (χ0n) is 15.0. The van der Waals surface area contributed by atoms with Crippen molar-refractivity contribution in [3.05, 3.63) is 107 Å². The van der Waals surface area contributed by atoms with E-state index < -0.39 is 11.6 Å². The first kappa shape index (κ1) is 17.9. The second kappa shape index (κ2) is 7.64. The van der Waals surface area contributed by atoms with Gasteiger partial charge in [-0.3, -0.25) is 4.79 Å². The summed E-state index contributed by atoms with van der Waals surface area (Å²) in [5.41, 5.74) is 2.88. The van der Waals surface area contributed by atoms with Crippen LogP contribution in [0.3, 0.4) is 0 Å². The van der Waals surface area contributed by atoms with Crippen LogP contribution >= 0.6 is 0 Å². The number of hydrogen-bond donors (Lipinski definition) is 1. The van der Waals surface area contributed by atoms with Gasteiger partial charge in [0.2, 0.25) is 0 Å². The number of carbonyl (C=O) groups is 1. The molecule has 1 amide bonds. The second-order valence-corrected chi connectivity index (χ2v) is 6.62. The van der Waals surface area contributed by atoms with Crippen molar-refractivity contribution in [1.29, 1.82) is 0 Å². The van der Waals surface area contributed by atoms with Gasteiger partial charge in [-0.05, 0) is 35.9 Å². The smallest absolute Gasteiger partial charge is 0.251 e. The summed E-state index contributed by atoms with van der Waals surface area (Å²) >= 11 is 0. The Bertz CT molecular complexity index is 1140. The number of rotatable bonds is 5. The molecule has 3 aromatic carbocycles. The molecule has 0 aliphatic carbocycles. The van der Waals surface area contributed by atoms with E-state index in [1.54, 1.807) is 6.07 Å². The van der Waals surface area contributed by atoms with Crippen molar-refractivity contribution in [3.63, 3.8) is 0 Å². The summed E-state index contributed by atoms with van der Waals surface area (Å²) in [6, 6.07) is 20.6. The van der Waals surface area contributed by atoms with E-state index in [0.717, 1.165) is 22.5 Å². The zero-order valence-corrected chi connectivity index (χ0v) is 15.0. The van der Waals surface area contributed by atoms with Gasteiger partial charge in [-0.25, -0.2) is 8.78 Å². The average Bonchev–Trinajstić information content (AvgIpc) is 3.11. The van der Waals surface area contributed by atoms with Crippen LogP contribution in [0.4, 0.5) is 8.78 Å². The van der Waals surface area contributed by atoms with E-state index in [9.17, 15) is 13.6 Å². The van der Waals surface area contributed by atoms with E-state index in [1.807, 2.05) is 59.3 Å².